The summed E-state index contributed by atoms with van der Waals surface area (Å²) in [4.78, 5) is 18.7. The number of carbonyl (C=O) groups is 1. The topological polar surface area (TPSA) is 76.0 Å². The Kier molecular flexibility index (Phi) is 5.84. The number of hydrogen-bond donors (Lipinski definition) is 0. The van der Waals surface area contributed by atoms with E-state index in [1.165, 1.54) is 23.9 Å². The van der Waals surface area contributed by atoms with E-state index in [2.05, 4.69) is 4.99 Å². The van der Waals surface area contributed by atoms with Crippen LogP contribution in [0, 0.1) is 5.82 Å². The third-order valence-corrected chi connectivity index (χ3v) is 8.19. The number of nitrogens with zero attached hydrogens (tertiary/aromatic N) is 2. The van der Waals surface area contributed by atoms with E-state index in [9.17, 15) is 17.6 Å². The van der Waals surface area contributed by atoms with Gasteiger partial charge >= 0.3 is 0 Å². The number of benzene rings is 2. The first-order chi connectivity index (χ1) is 14.3. The molecule has 30 heavy (non-hydrogen) atoms. The highest BCUT2D eigenvalue weighted by Crippen LogP contribution is 2.41. The third-order valence-electron chi connectivity index (χ3n) is 4.98. The molecule has 0 saturated carbocycles. The summed E-state index contributed by atoms with van der Waals surface area (Å²) in [5, 5.41) is 0.329. The lowest BCUT2D eigenvalue weighted by atomic mass is 10.1. The molecule has 0 aliphatic carbocycles. The van der Waals surface area contributed by atoms with Crippen molar-refractivity contribution in [2.75, 3.05) is 23.0 Å². The highest BCUT2D eigenvalue weighted by Gasteiger charge is 2.49. The Bertz CT molecular complexity index is 1070. The number of ether oxygens (including phenoxy) is 1. The number of fused-ring (bicyclic) bond motifs is 1. The lowest BCUT2D eigenvalue weighted by Crippen LogP contribution is -2.37. The number of amides is 1. The zero-order chi connectivity index (χ0) is 21.3. The normalized spacial score (nSPS) is 23.5. The summed E-state index contributed by atoms with van der Waals surface area (Å²) in [6, 6.07) is 12.8. The summed E-state index contributed by atoms with van der Waals surface area (Å²) in [7, 11) is -3.13. The Hall–Kier alpha value is -2.39. The van der Waals surface area contributed by atoms with Gasteiger partial charge in [0.25, 0.3) is 5.91 Å². The van der Waals surface area contributed by atoms with Crippen molar-refractivity contribution >= 4 is 38.4 Å². The number of anilines is 1. The van der Waals surface area contributed by atoms with Crippen molar-refractivity contribution < 1.29 is 22.3 Å². The largest absolute Gasteiger partial charge is 0.494 e. The van der Waals surface area contributed by atoms with Crippen LogP contribution in [0.25, 0.3) is 0 Å². The van der Waals surface area contributed by atoms with Crippen LogP contribution in [-0.4, -0.2) is 48.9 Å². The van der Waals surface area contributed by atoms with Gasteiger partial charge in [-0.25, -0.2) is 12.8 Å². The maximum absolute atomic E-state index is 13.1. The first-order valence-electron chi connectivity index (χ1n) is 9.60. The lowest BCUT2D eigenvalue weighted by Gasteiger charge is -2.24. The SMILES string of the molecule is CCOc1ccc(N2C(=NC(=O)Cc3ccc(F)cc3)S[C@@H]3CS(=O)(=O)C[C@H]32)cc1. The van der Waals surface area contributed by atoms with Crippen molar-refractivity contribution in [2.45, 2.75) is 24.6 Å². The zero-order valence-electron chi connectivity index (χ0n) is 16.3. The number of amidine groups is 1. The van der Waals surface area contributed by atoms with Crippen molar-refractivity contribution in [1.29, 1.82) is 0 Å². The van der Waals surface area contributed by atoms with Gasteiger partial charge in [-0.2, -0.15) is 4.99 Å². The van der Waals surface area contributed by atoms with Crippen LogP contribution in [0.1, 0.15) is 12.5 Å². The van der Waals surface area contributed by atoms with E-state index in [-0.39, 0.29) is 40.9 Å². The van der Waals surface area contributed by atoms with Gasteiger partial charge in [-0.05, 0) is 48.9 Å². The number of rotatable bonds is 5. The Morgan fingerprint density at radius 2 is 1.87 bits per heavy atom. The van der Waals surface area contributed by atoms with Gasteiger partial charge in [0.1, 0.15) is 11.6 Å². The van der Waals surface area contributed by atoms with Crippen LogP contribution in [-0.2, 0) is 21.1 Å². The molecular weight excluding hydrogens is 427 g/mol. The Balaban J connectivity index is 1.61. The zero-order valence-corrected chi connectivity index (χ0v) is 18.0. The maximum atomic E-state index is 13.1. The van der Waals surface area contributed by atoms with Gasteiger partial charge in [-0.15, -0.1) is 0 Å². The number of carbonyl (C=O) groups excluding carboxylic acids is 1. The Morgan fingerprint density at radius 3 is 2.53 bits per heavy atom. The average Bonchev–Trinajstić information content (AvgIpc) is 3.15. The smallest absolute Gasteiger partial charge is 0.252 e. The molecule has 1 amide bonds. The minimum atomic E-state index is -3.13. The number of halogens is 1. The van der Waals surface area contributed by atoms with Crippen molar-refractivity contribution in [2.24, 2.45) is 4.99 Å². The second-order valence-electron chi connectivity index (χ2n) is 7.19. The molecule has 0 radical (unpaired) electrons. The van der Waals surface area contributed by atoms with E-state index in [0.717, 1.165) is 11.4 Å². The molecule has 2 aliphatic heterocycles. The summed E-state index contributed by atoms with van der Waals surface area (Å²) >= 11 is 1.33. The molecule has 6 nitrogen and oxygen atoms in total. The summed E-state index contributed by atoms with van der Waals surface area (Å²) in [5.41, 5.74) is 1.44. The molecule has 2 fully saturated rings. The van der Waals surface area contributed by atoms with Crippen molar-refractivity contribution in [1.82, 2.24) is 0 Å². The van der Waals surface area contributed by atoms with Gasteiger partial charge < -0.3 is 9.64 Å². The molecular formula is C21H21FN2O4S2. The molecule has 0 aromatic heterocycles. The molecule has 9 heteroatoms. The van der Waals surface area contributed by atoms with Gasteiger partial charge in [-0.3, -0.25) is 4.79 Å². The number of hydrogen-bond acceptors (Lipinski definition) is 5. The van der Waals surface area contributed by atoms with Gasteiger partial charge in [0, 0.05) is 10.9 Å². The molecule has 2 aromatic carbocycles. The third kappa shape index (κ3) is 4.52. The second-order valence-corrected chi connectivity index (χ2v) is 10.5. The first-order valence-corrected chi connectivity index (χ1v) is 12.3. The van der Waals surface area contributed by atoms with E-state index < -0.39 is 9.84 Å². The fourth-order valence-electron chi connectivity index (χ4n) is 3.66. The van der Waals surface area contributed by atoms with E-state index in [4.69, 9.17) is 4.74 Å². The maximum Gasteiger partial charge on any atom is 0.252 e. The van der Waals surface area contributed by atoms with Crippen LogP contribution in [0.5, 0.6) is 5.75 Å². The van der Waals surface area contributed by atoms with Gasteiger partial charge in [0.15, 0.2) is 15.0 Å². The van der Waals surface area contributed by atoms with Crippen LogP contribution in [0.3, 0.4) is 0 Å². The first kappa shape index (κ1) is 20.9. The van der Waals surface area contributed by atoms with Crippen molar-refractivity contribution in [3.05, 3.63) is 59.9 Å². The fourth-order valence-corrected chi connectivity index (χ4v) is 7.59. The highest BCUT2D eigenvalue weighted by atomic mass is 32.2. The quantitative estimate of drug-likeness (QED) is 0.700. The molecule has 4 rings (SSSR count). The summed E-state index contributed by atoms with van der Waals surface area (Å²) in [5.74, 6) is 0.0985. The van der Waals surface area contributed by atoms with E-state index in [1.807, 2.05) is 36.1 Å². The highest BCUT2D eigenvalue weighted by molar-refractivity contribution is 8.16. The van der Waals surface area contributed by atoms with Crippen LogP contribution in [0.4, 0.5) is 10.1 Å². The Morgan fingerprint density at radius 1 is 1.17 bits per heavy atom. The number of thioether (sulfide) groups is 1. The standard InChI is InChI=1S/C21H21FN2O4S2/c1-2-28-17-9-7-16(8-10-17)24-18-12-30(26,27)13-19(18)29-21(24)23-20(25)11-14-3-5-15(22)6-4-14/h3-10,18-19H,2,11-13H2,1H3/t18-,19-/m1/s1. The van der Waals surface area contributed by atoms with Crippen molar-refractivity contribution in [3.63, 3.8) is 0 Å². The summed E-state index contributed by atoms with van der Waals surface area (Å²) < 4.78 is 42.9. The van der Waals surface area contributed by atoms with Crippen LogP contribution in [0.2, 0.25) is 0 Å². The second kappa shape index (κ2) is 8.39. The molecule has 2 saturated heterocycles. The van der Waals surface area contributed by atoms with Crippen molar-refractivity contribution in [3.8, 4) is 5.75 Å². The molecule has 2 aliphatic rings. The molecule has 0 bridgehead atoms. The fraction of sp³-hybridized carbons (Fsp3) is 0.333. The molecule has 158 valence electrons. The Labute approximate surface area is 179 Å². The van der Waals surface area contributed by atoms with Gasteiger partial charge in [0.05, 0.1) is 30.6 Å². The molecule has 0 spiro atoms. The minimum absolute atomic E-state index is 0.0308. The molecule has 2 aromatic rings. The average molecular weight is 449 g/mol. The van der Waals surface area contributed by atoms with E-state index >= 15 is 0 Å². The van der Waals surface area contributed by atoms with Gasteiger partial charge in [0.2, 0.25) is 0 Å². The summed E-state index contributed by atoms with van der Waals surface area (Å²) in [6.45, 7) is 2.45. The molecule has 0 N–H and O–H groups in total. The predicted molar refractivity (Wildman–Crippen MR) is 116 cm³/mol. The molecule has 2 atom stereocenters. The van der Waals surface area contributed by atoms with E-state index in [1.54, 1.807) is 12.1 Å². The number of sulfone groups is 1. The number of aliphatic imine (C=N–C) groups is 1. The van der Waals surface area contributed by atoms with Crippen LogP contribution in [0.15, 0.2) is 53.5 Å². The summed E-state index contributed by atoms with van der Waals surface area (Å²) in [6.07, 6.45) is 0.0507. The minimum Gasteiger partial charge on any atom is -0.494 e. The predicted octanol–water partition coefficient (Wildman–Crippen LogP) is 3.07. The molecule has 0 unspecified atom stereocenters. The van der Waals surface area contributed by atoms with E-state index in [0.29, 0.717) is 17.3 Å². The lowest BCUT2D eigenvalue weighted by molar-refractivity contribution is -0.117. The van der Waals surface area contributed by atoms with Gasteiger partial charge in [-0.1, -0.05) is 23.9 Å². The molecule has 2 heterocycles. The van der Waals surface area contributed by atoms with Crippen LogP contribution < -0.4 is 9.64 Å². The monoisotopic (exact) mass is 448 g/mol. The van der Waals surface area contributed by atoms with Crippen LogP contribution >= 0.6 is 11.8 Å².